The largest absolute Gasteiger partial charge is 0.728 e. The molecular weight excluding hydrogens is 258 g/mol. The SMILES string of the molecule is C=C(C)C(=O)Nc1ccc(N=NS(=O)(=O)[O-])cc1. The van der Waals surface area contributed by atoms with Crippen LogP contribution in [0.4, 0.5) is 11.4 Å². The average Bonchev–Trinajstić information content (AvgIpc) is 2.27. The Morgan fingerprint density at radius 3 is 2.33 bits per heavy atom. The summed E-state index contributed by atoms with van der Waals surface area (Å²) in [4.78, 5) is 11.3. The highest BCUT2D eigenvalue weighted by Crippen LogP contribution is 2.17. The molecule has 0 unspecified atom stereocenters. The molecule has 0 radical (unpaired) electrons. The normalized spacial score (nSPS) is 11.4. The molecule has 7 nitrogen and oxygen atoms in total. The summed E-state index contributed by atoms with van der Waals surface area (Å²) in [5.41, 5.74) is 1.03. The Labute approximate surface area is 104 Å². The van der Waals surface area contributed by atoms with Gasteiger partial charge in [-0.3, -0.25) is 4.79 Å². The van der Waals surface area contributed by atoms with Crippen molar-refractivity contribution in [2.45, 2.75) is 6.92 Å². The van der Waals surface area contributed by atoms with Crippen molar-refractivity contribution in [3.05, 3.63) is 36.4 Å². The summed E-state index contributed by atoms with van der Waals surface area (Å²) >= 11 is 0. The van der Waals surface area contributed by atoms with Gasteiger partial charge in [-0.2, -0.15) is 0 Å². The number of carbonyl (C=O) groups excluding carboxylic acids is 1. The predicted octanol–water partition coefficient (Wildman–Crippen LogP) is 1.75. The molecule has 0 bridgehead atoms. The van der Waals surface area contributed by atoms with Gasteiger partial charge in [-0.15, -0.1) is 5.11 Å². The summed E-state index contributed by atoms with van der Waals surface area (Å²) < 4.78 is 33.2. The molecule has 0 aromatic heterocycles. The zero-order chi connectivity index (χ0) is 13.8. The molecule has 0 heterocycles. The van der Waals surface area contributed by atoms with Gasteiger partial charge in [0, 0.05) is 11.3 Å². The van der Waals surface area contributed by atoms with Crippen molar-refractivity contribution in [3.8, 4) is 0 Å². The zero-order valence-electron chi connectivity index (χ0n) is 9.45. The van der Waals surface area contributed by atoms with E-state index in [2.05, 4.69) is 21.5 Å². The van der Waals surface area contributed by atoms with E-state index in [1.54, 1.807) is 6.92 Å². The molecule has 0 aliphatic heterocycles. The number of anilines is 1. The topological polar surface area (TPSA) is 111 Å². The molecule has 1 rings (SSSR count). The molecule has 0 aliphatic carbocycles. The molecule has 0 aliphatic rings. The van der Waals surface area contributed by atoms with Gasteiger partial charge in [0.05, 0.1) is 5.69 Å². The molecule has 0 saturated heterocycles. The van der Waals surface area contributed by atoms with Crippen LogP contribution in [0.2, 0.25) is 0 Å². The van der Waals surface area contributed by atoms with Gasteiger partial charge in [0.15, 0.2) is 0 Å². The van der Waals surface area contributed by atoms with E-state index in [9.17, 15) is 17.8 Å². The summed E-state index contributed by atoms with van der Waals surface area (Å²) in [7, 11) is -4.74. The molecule has 0 saturated carbocycles. The monoisotopic (exact) mass is 268 g/mol. The van der Waals surface area contributed by atoms with Crippen LogP contribution in [-0.2, 0) is 15.1 Å². The smallest absolute Gasteiger partial charge is 0.250 e. The van der Waals surface area contributed by atoms with Gasteiger partial charge in [0.1, 0.15) is 0 Å². The second-order valence-electron chi connectivity index (χ2n) is 3.39. The first kappa shape index (κ1) is 14.0. The van der Waals surface area contributed by atoms with Crippen molar-refractivity contribution in [1.82, 2.24) is 0 Å². The second kappa shape index (κ2) is 5.52. The van der Waals surface area contributed by atoms with Crippen LogP contribution in [0.3, 0.4) is 0 Å². The molecule has 18 heavy (non-hydrogen) atoms. The Kier molecular flexibility index (Phi) is 4.29. The van der Waals surface area contributed by atoms with Crippen LogP contribution in [0.25, 0.3) is 0 Å². The van der Waals surface area contributed by atoms with Crippen LogP contribution in [0, 0.1) is 0 Å². The molecule has 1 amide bonds. The van der Waals surface area contributed by atoms with Crippen molar-refractivity contribution in [3.63, 3.8) is 0 Å². The number of nitrogens with one attached hydrogen (secondary N) is 1. The van der Waals surface area contributed by atoms with Gasteiger partial charge < -0.3 is 9.87 Å². The number of hydrogen-bond donors (Lipinski definition) is 1. The number of hydrogen-bond acceptors (Lipinski definition) is 5. The minimum absolute atomic E-state index is 0.183. The van der Waals surface area contributed by atoms with Gasteiger partial charge in [-0.1, -0.05) is 11.1 Å². The molecule has 0 spiro atoms. The number of carbonyl (C=O) groups is 1. The lowest BCUT2D eigenvalue weighted by Gasteiger charge is -2.04. The maximum Gasteiger partial charge on any atom is 0.250 e. The van der Waals surface area contributed by atoms with E-state index in [1.807, 2.05) is 0 Å². The van der Waals surface area contributed by atoms with E-state index in [1.165, 1.54) is 24.3 Å². The molecule has 1 N–H and O–H groups in total. The lowest BCUT2D eigenvalue weighted by Crippen LogP contribution is -2.11. The first-order valence-electron chi connectivity index (χ1n) is 4.74. The Balaban J connectivity index is 2.78. The molecule has 8 heteroatoms. The van der Waals surface area contributed by atoms with Gasteiger partial charge in [0.25, 0.3) is 5.91 Å². The molecule has 96 valence electrons. The lowest BCUT2D eigenvalue weighted by molar-refractivity contribution is -0.112. The fourth-order valence-corrected chi connectivity index (χ4v) is 1.14. The van der Waals surface area contributed by atoms with Crippen LogP contribution in [-0.4, -0.2) is 18.9 Å². The average molecular weight is 268 g/mol. The number of nitrogens with zero attached hydrogens (tertiary/aromatic N) is 2. The van der Waals surface area contributed by atoms with Crippen LogP contribution in [0.15, 0.2) is 46.1 Å². The summed E-state index contributed by atoms with van der Waals surface area (Å²) in [5.74, 6) is -0.327. The molecule has 0 atom stereocenters. The van der Waals surface area contributed by atoms with Crippen LogP contribution < -0.4 is 5.32 Å². The van der Waals surface area contributed by atoms with Crippen LogP contribution in [0.1, 0.15) is 6.92 Å². The highest BCUT2D eigenvalue weighted by atomic mass is 32.2. The second-order valence-corrected chi connectivity index (χ2v) is 4.41. The summed E-state index contributed by atoms with van der Waals surface area (Å²) in [6.45, 7) is 5.04. The third kappa shape index (κ3) is 4.85. The molecule has 1 aromatic carbocycles. The minimum atomic E-state index is -4.74. The van der Waals surface area contributed by atoms with Gasteiger partial charge in [-0.25, -0.2) is 8.42 Å². The quantitative estimate of drug-likeness (QED) is 0.509. The Morgan fingerprint density at radius 1 is 1.33 bits per heavy atom. The number of benzene rings is 1. The molecular formula is C10H10N3O4S-. The predicted molar refractivity (Wildman–Crippen MR) is 64.1 cm³/mol. The standard InChI is InChI=1S/C10H11N3O4S/c1-7(2)10(14)11-8-3-5-9(6-4-8)12-13-18(15,16)17/h3-6H,1H2,2H3,(H,11,14)(H,15,16,17)/p-1. The Morgan fingerprint density at radius 2 is 1.89 bits per heavy atom. The van der Waals surface area contributed by atoms with Crippen molar-refractivity contribution in [2.75, 3.05) is 5.32 Å². The van der Waals surface area contributed by atoms with Crippen molar-refractivity contribution in [2.24, 2.45) is 9.63 Å². The van der Waals surface area contributed by atoms with Crippen LogP contribution in [0.5, 0.6) is 0 Å². The molecule has 1 aromatic rings. The van der Waals surface area contributed by atoms with E-state index < -0.39 is 10.3 Å². The van der Waals surface area contributed by atoms with Crippen LogP contribution >= 0.6 is 0 Å². The zero-order valence-corrected chi connectivity index (χ0v) is 10.3. The van der Waals surface area contributed by atoms with Crippen molar-refractivity contribution >= 4 is 27.6 Å². The number of amides is 1. The lowest BCUT2D eigenvalue weighted by atomic mass is 10.2. The van der Waals surface area contributed by atoms with E-state index in [-0.39, 0.29) is 11.6 Å². The van der Waals surface area contributed by atoms with Gasteiger partial charge in [-0.05, 0) is 31.2 Å². The van der Waals surface area contributed by atoms with Gasteiger partial charge in [0.2, 0.25) is 10.3 Å². The maximum absolute atomic E-state index is 11.3. The number of rotatable bonds is 4. The van der Waals surface area contributed by atoms with E-state index in [0.717, 1.165) is 0 Å². The maximum atomic E-state index is 11.3. The van der Waals surface area contributed by atoms with Crippen molar-refractivity contribution in [1.29, 1.82) is 0 Å². The highest BCUT2D eigenvalue weighted by Gasteiger charge is 2.02. The Hall–Kier alpha value is -2.06. The van der Waals surface area contributed by atoms with Crippen molar-refractivity contribution < 1.29 is 17.8 Å². The fraction of sp³-hybridized carbons (Fsp3) is 0.100. The summed E-state index contributed by atoms with van der Waals surface area (Å²) in [6.07, 6.45) is 0. The third-order valence-electron chi connectivity index (χ3n) is 1.77. The molecule has 0 fully saturated rings. The first-order valence-corrected chi connectivity index (χ1v) is 6.10. The third-order valence-corrected chi connectivity index (χ3v) is 2.05. The highest BCUT2D eigenvalue weighted by molar-refractivity contribution is 7.84. The first-order chi connectivity index (χ1) is 8.28. The van der Waals surface area contributed by atoms with E-state index >= 15 is 0 Å². The fourth-order valence-electron chi connectivity index (χ4n) is 0.946. The van der Waals surface area contributed by atoms with Gasteiger partial charge >= 0.3 is 0 Å². The summed E-state index contributed by atoms with van der Waals surface area (Å²) in [6, 6.07) is 5.80. The Bertz CT molecular complexity index is 590. The van der Waals surface area contributed by atoms with E-state index in [0.29, 0.717) is 11.3 Å². The minimum Gasteiger partial charge on any atom is -0.728 e. The van der Waals surface area contributed by atoms with E-state index in [4.69, 9.17) is 0 Å². The summed E-state index contributed by atoms with van der Waals surface area (Å²) in [5, 5.41) is 5.78.